The second-order valence-corrected chi connectivity index (χ2v) is 8.27. The second kappa shape index (κ2) is 6.66. The normalized spacial score (nSPS) is 20.8. The summed E-state index contributed by atoms with van der Waals surface area (Å²) in [7, 11) is 1.47. The molecule has 1 aliphatic heterocycles. The highest BCUT2D eigenvalue weighted by Crippen LogP contribution is 2.47. The summed E-state index contributed by atoms with van der Waals surface area (Å²) in [6.45, 7) is 0. The summed E-state index contributed by atoms with van der Waals surface area (Å²) in [5, 5.41) is 20.8. The van der Waals surface area contributed by atoms with Gasteiger partial charge in [-0.05, 0) is 35.6 Å². The van der Waals surface area contributed by atoms with Gasteiger partial charge in [-0.1, -0.05) is 12.1 Å². The van der Waals surface area contributed by atoms with E-state index in [9.17, 15) is 14.7 Å². The van der Waals surface area contributed by atoms with Gasteiger partial charge in [0.2, 0.25) is 0 Å². The van der Waals surface area contributed by atoms with E-state index >= 15 is 0 Å². The number of thiophene rings is 1. The molecule has 0 radical (unpaired) electrons. The molecule has 0 saturated carbocycles. The van der Waals surface area contributed by atoms with E-state index in [1.165, 1.54) is 18.1 Å². The van der Waals surface area contributed by atoms with Crippen molar-refractivity contribution in [1.82, 2.24) is 10.2 Å². The van der Waals surface area contributed by atoms with E-state index in [-0.39, 0.29) is 23.0 Å². The summed E-state index contributed by atoms with van der Waals surface area (Å²) in [6, 6.07) is 9.00. The van der Waals surface area contributed by atoms with Gasteiger partial charge in [0, 0.05) is 34.4 Å². The fourth-order valence-corrected chi connectivity index (χ4v) is 5.18. The molecule has 0 saturated heterocycles. The lowest BCUT2D eigenvalue weighted by Crippen LogP contribution is -2.31. The zero-order chi connectivity index (χ0) is 20.1. The Balaban J connectivity index is 1.66. The lowest BCUT2D eigenvalue weighted by molar-refractivity contribution is -0.116. The molecular weight excluding hydrogens is 390 g/mol. The van der Waals surface area contributed by atoms with Gasteiger partial charge in [-0.15, -0.1) is 11.3 Å². The molecule has 0 amide bonds. The summed E-state index contributed by atoms with van der Waals surface area (Å²) >= 11 is 1.65. The number of ether oxygens (including phenoxy) is 1. The third-order valence-corrected chi connectivity index (χ3v) is 6.69. The highest BCUT2D eigenvalue weighted by Gasteiger charge is 2.40. The maximum Gasteiger partial charge on any atom is 0.270 e. The molecule has 148 valence electrons. The highest BCUT2D eigenvalue weighted by molar-refractivity contribution is 7.10. The monoisotopic (exact) mass is 409 g/mol. The minimum absolute atomic E-state index is 0.00955. The molecular formula is C21H19N3O4S. The van der Waals surface area contributed by atoms with Crippen LogP contribution in [0.25, 0.3) is 0 Å². The van der Waals surface area contributed by atoms with Crippen molar-refractivity contribution in [1.29, 1.82) is 0 Å². The molecule has 1 aliphatic carbocycles. The number of methoxy groups -OCH3 is 1. The Morgan fingerprint density at radius 2 is 2.03 bits per heavy atom. The molecule has 0 fully saturated rings. The minimum Gasteiger partial charge on any atom is -0.504 e. The van der Waals surface area contributed by atoms with Crippen LogP contribution >= 0.6 is 11.3 Å². The molecule has 2 atom stereocenters. The number of aromatic hydroxyl groups is 1. The van der Waals surface area contributed by atoms with Crippen molar-refractivity contribution in [3.05, 3.63) is 73.3 Å². The Morgan fingerprint density at radius 1 is 1.17 bits per heavy atom. The smallest absolute Gasteiger partial charge is 0.270 e. The molecule has 3 aromatic rings. The van der Waals surface area contributed by atoms with Crippen molar-refractivity contribution in [2.75, 3.05) is 12.4 Å². The fourth-order valence-electron chi connectivity index (χ4n) is 4.35. The van der Waals surface area contributed by atoms with Gasteiger partial charge in [-0.3, -0.25) is 19.8 Å². The van der Waals surface area contributed by atoms with Crippen LogP contribution in [0.1, 0.15) is 40.7 Å². The number of Topliss-reactive ketones (excluding diaryl/α,β-unsaturated/α-hetero) is 1. The van der Waals surface area contributed by atoms with E-state index < -0.39 is 5.92 Å². The lowest BCUT2D eigenvalue weighted by atomic mass is 9.74. The van der Waals surface area contributed by atoms with E-state index in [1.807, 2.05) is 11.4 Å². The summed E-state index contributed by atoms with van der Waals surface area (Å²) in [4.78, 5) is 27.0. The van der Waals surface area contributed by atoms with Crippen molar-refractivity contribution in [2.45, 2.75) is 24.7 Å². The van der Waals surface area contributed by atoms with Crippen molar-refractivity contribution >= 4 is 22.9 Å². The summed E-state index contributed by atoms with van der Waals surface area (Å²) in [5.74, 6) is 0.510. The number of fused-ring (bicyclic) bond motifs is 1. The number of ketones is 1. The summed E-state index contributed by atoms with van der Waals surface area (Å²) < 4.78 is 5.25. The van der Waals surface area contributed by atoms with E-state index in [0.717, 1.165) is 11.3 Å². The van der Waals surface area contributed by atoms with E-state index in [1.54, 1.807) is 23.5 Å². The molecule has 7 nitrogen and oxygen atoms in total. The molecule has 8 heteroatoms. The van der Waals surface area contributed by atoms with Crippen LogP contribution in [0.3, 0.4) is 0 Å². The van der Waals surface area contributed by atoms with Crippen molar-refractivity contribution < 1.29 is 14.6 Å². The molecule has 4 N–H and O–H groups in total. The number of hydrogen-bond acceptors (Lipinski definition) is 6. The van der Waals surface area contributed by atoms with E-state index in [4.69, 9.17) is 4.74 Å². The Morgan fingerprint density at radius 3 is 2.79 bits per heavy atom. The van der Waals surface area contributed by atoms with Crippen molar-refractivity contribution in [3.8, 4) is 11.5 Å². The number of hydrogen-bond donors (Lipinski definition) is 4. The Hall–Kier alpha value is -3.26. The molecule has 3 heterocycles. The zero-order valence-electron chi connectivity index (χ0n) is 15.6. The third-order valence-electron chi connectivity index (χ3n) is 5.66. The average molecular weight is 409 g/mol. The second-order valence-electron chi connectivity index (χ2n) is 7.29. The van der Waals surface area contributed by atoms with E-state index in [2.05, 4.69) is 21.6 Å². The molecule has 5 rings (SSSR count). The number of phenolic OH excluding ortho intramolecular Hbond substituents is 1. The van der Waals surface area contributed by atoms with Crippen LogP contribution in [0.2, 0.25) is 0 Å². The number of rotatable bonds is 3. The number of H-pyrrole nitrogens is 2. The number of allylic oxidation sites excluding steroid dienone is 2. The predicted molar refractivity (Wildman–Crippen MR) is 110 cm³/mol. The Bertz CT molecular complexity index is 1190. The first-order valence-electron chi connectivity index (χ1n) is 9.31. The van der Waals surface area contributed by atoms with Gasteiger partial charge in [0.1, 0.15) is 5.82 Å². The van der Waals surface area contributed by atoms with Crippen LogP contribution < -0.4 is 15.6 Å². The van der Waals surface area contributed by atoms with Gasteiger partial charge in [0.25, 0.3) is 5.56 Å². The largest absolute Gasteiger partial charge is 0.504 e. The summed E-state index contributed by atoms with van der Waals surface area (Å²) in [6.07, 6.45) is 1.10. The number of carbonyl (C=O) groups is 1. The zero-order valence-corrected chi connectivity index (χ0v) is 16.4. The quantitative estimate of drug-likeness (QED) is 0.530. The van der Waals surface area contributed by atoms with Gasteiger partial charge >= 0.3 is 0 Å². The average Bonchev–Trinajstić information content (AvgIpc) is 3.37. The third kappa shape index (κ3) is 2.79. The van der Waals surface area contributed by atoms with Crippen LogP contribution in [0.15, 0.2) is 51.8 Å². The topological polar surface area (TPSA) is 107 Å². The molecule has 0 bridgehead atoms. The molecule has 29 heavy (non-hydrogen) atoms. The Kier molecular flexibility index (Phi) is 4.09. The molecule has 1 aromatic carbocycles. The maximum atomic E-state index is 13.3. The van der Waals surface area contributed by atoms with Gasteiger partial charge < -0.3 is 15.2 Å². The molecule has 2 aromatic heterocycles. The standard InChI is InChI=1S/C21H19N3O4S/c1-28-15-9-10(4-5-13(15)25)17-18-12(22-20-19(17)21(27)24-23-20)7-11(8-14(18)26)16-3-2-6-29-16/h2-6,9,11,17,25H,7-8H2,1H3,(H3,22,23,24,27)/t11-,17-/m1/s1. The fraction of sp³-hybridized carbons (Fsp3) is 0.238. The lowest BCUT2D eigenvalue weighted by Gasteiger charge is -2.34. The van der Waals surface area contributed by atoms with Gasteiger partial charge in [0.15, 0.2) is 17.3 Å². The molecule has 2 aliphatic rings. The van der Waals surface area contributed by atoms with Crippen LogP contribution in [0, 0.1) is 0 Å². The number of nitrogens with one attached hydrogen (secondary N) is 3. The van der Waals surface area contributed by atoms with E-state index in [0.29, 0.717) is 35.5 Å². The van der Waals surface area contributed by atoms with Gasteiger partial charge in [-0.25, -0.2) is 0 Å². The number of aromatic nitrogens is 2. The van der Waals surface area contributed by atoms with Crippen LogP contribution in [0.4, 0.5) is 5.82 Å². The number of carbonyl (C=O) groups excluding carboxylic acids is 1. The molecule has 0 unspecified atom stereocenters. The maximum absolute atomic E-state index is 13.3. The van der Waals surface area contributed by atoms with Crippen LogP contribution in [-0.4, -0.2) is 28.2 Å². The number of phenols is 1. The molecule has 0 spiro atoms. The number of anilines is 1. The predicted octanol–water partition coefficient (Wildman–Crippen LogP) is 3.44. The van der Waals surface area contributed by atoms with Crippen molar-refractivity contribution in [2.24, 2.45) is 0 Å². The first kappa shape index (κ1) is 17.8. The highest BCUT2D eigenvalue weighted by atomic mass is 32.1. The number of benzene rings is 1. The Labute approximate surface area is 170 Å². The SMILES string of the molecule is COc1cc([C@@H]2C3=C(C[C@@H](c4cccs4)CC3=O)Nc3[nH][nH]c(=O)c32)ccc1O. The first-order chi connectivity index (χ1) is 14.1. The van der Waals surface area contributed by atoms with Crippen LogP contribution in [0.5, 0.6) is 11.5 Å². The van der Waals surface area contributed by atoms with Crippen LogP contribution in [-0.2, 0) is 4.79 Å². The number of aromatic amines is 2. The first-order valence-corrected chi connectivity index (χ1v) is 10.2. The summed E-state index contributed by atoms with van der Waals surface area (Å²) in [5.41, 5.74) is 2.37. The minimum atomic E-state index is -0.525. The van der Waals surface area contributed by atoms with Gasteiger partial charge in [-0.2, -0.15) is 0 Å². The van der Waals surface area contributed by atoms with Gasteiger partial charge in [0.05, 0.1) is 12.7 Å². The van der Waals surface area contributed by atoms with Crippen molar-refractivity contribution in [3.63, 3.8) is 0 Å².